The average molecular weight is 308 g/mol. The number of aryl methyl sites for hydroxylation is 2. The molecule has 4 nitrogen and oxygen atoms in total. The van der Waals surface area contributed by atoms with Crippen LogP contribution >= 0.6 is 11.6 Å². The van der Waals surface area contributed by atoms with Crippen LogP contribution in [0.4, 0.5) is 0 Å². The molecule has 1 atom stereocenters. The lowest BCUT2D eigenvalue weighted by molar-refractivity contribution is -0.121. The van der Waals surface area contributed by atoms with Gasteiger partial charge >= 0.3 is 0 Å². The maximum absolute atomic E-state index is 12.0. The van der Waals surface area contributed by atoms with Crippen LogP contribution in [0, 0.1) is 6.92 Å². The van der Waals surface area contributed by atoms with E-state index in [0.29, 0.717) is 18.8 Å². The molecule has 21 heavy (non-hydrogen) atoms. The number of hydrogen-bond donors (Lipinski definition) is 1. The summed E-state index contributed by atoms with van der Waals surface area (Å²) < 4.78 is 2.06. The van der Waals surface area contributed by atoms with Crippen LogP contribution in [0.3, 0.4) is 0 Å². The van der Waals surface area contributed by atoms with Crippen LogP contribution in [0.2, 0.25) is 0 Å². The van der Waals surface area contributed by atoms with Crippen LogP contribution < -0.4 is 5.32 Å². The number of carbonyl (C=O) groups excluding carboxylic acids is 1. The zero-order valence-corrected chi connectivity index (χ0v) is 13.6. The van der Waals surface area contributed by atoms with Crippen LogP contribution in [0.15, 0.2) is 18.2 Å². The molecule has 1 heterocycles. The average Bonchev–Trinajstić information content (AvgIpc) is 2.84. The van der Waals surface area contributed by atoms with E-state index < -0.39 is 0 Å². The standard InChI is InChI=1S/C16H22ClN3O/c1-4-12(3)18-15(21)8-9-20-14(10-17)19-13-7-5-6-11(2)16(13)20/h5-7,12H,4,8-10H2,1-3H3,(H,18,21). The molecule has 5 heteroatoms. The Labute approximate surface area is 130 Å². The first-order valence-electron chi connectivity index (χ1n) is 7.36. The second-order valence-electron chi connectivity index (χ2n) is 5.38. The summed E-state index contributed by atoms with van der Waals surface area (Å²) in [4.78, 5) is 16.5. The highest BCUT2D eigenvalue weighted by Crippen LogP contribution is 2.21. The minimum atomic E-state index is 0.0697. The number of aromatic nitrogens is 2. The number of nitrogens with one attached hydrogen (secondary N) is 1. The van der Waals surface area contributed by atoms with Gasteiger partial charge in [0.25, 0.3) is 0 Å². The van der Waals surface area contributed by atoms with E-state index in [1.54, 1.807) is 0 Å². The summed E-state index contributed by atoms with van der Waals surface area (Å²) in [5.41, 5.74) is 3.16. The first-order chi connectivity index (χ1) is 10.1. The normalized spacial score (nSPS) is 12.6. The Morgan fingerprint density at radius 3 is 2.90 bits per heavy atom. The number of benzene rings is 1. The number of rotatable bonds is 6. The molecule has 0 saturated heterocycles. The SMILES string of the molecule is CCC(C)NC(=O)CCn1c(CCl)nc2cccc(C)c21. The highest BCUT2D eigenvalue weighted by Gasteiger charge is 2.13. The van der Waals surface area contributed by atoms with Gasteiger partial charge in [-0.2, -0.15) is 0 Å². The second-order valence-corrected chi connectivity index (χ2v) is 5.65. The van der Waals surface area contributed by atoms with E-state index in [1.807, 2.05) is 19.1 Å². The molecule has 0 aliphatic rings. The lowest BCUT2D eigenvalue weighted by atomic mass is 10.2. The predicted octanol–water partition coefficient (Wildman–Crippen LogP) is 3.39. The molecule has 114 valence electrons. The number of hydrogen-bond acceptors (Lipinski definition) is 2. The predicted molar refractivity (Wildman–Crippen MR) is 86.5 cm³/mol. The van der Waals surface area contributed by atoms with Crippen molar-refractivity contribution in [3.8, 4) is 0 Å². The van der Waals surface area contributed by atoms with Gasteiger partial charge in [-0.05, 0) is 31.9 Å². The largest absolute Gasteiger partial charge is 0.354 e. The molecule has 1 aromatic carbocycles. The van der Waals surface area contributed by atoms with Crippen molar-refractivity contribution in [3.05, 3.63) is 29.6 Å². The Bertz CT molecular complexity index is 636. The van der Waals surface area contributed by atoms with Gasteiger partial charge in [-0.3, -0.25) is 4.79 Å². The number of fused-ring (bicyclic) bond motifs is 1. The third kappa shape index (κ3) is 3.56. The quantitative estimate of drug-likeness (QED) is 0.832. The van der Waals surface area contributed by atoms with Crippen LogP contribution in [0.1, 0.15) is 38.1 Å². The minimum Gasteiger partial charge on any atom is -0.354 e. The van der Waals surface area contributed by atoms with Gasteiger partial charge in [0.1, 0.15) is 5.82 Å². The summed E-state index contributed by atoms with van der Waals surface area (Å²) in [6.45, 7) is 6.73. The van der Waals surface area contributed by atoms with Crippen LogP contribution in [-0.4, -0.2) is 21.5 Å². The molecule has 1 aromatic heterocycles. The van der Waals surface area contributed by atoms with E-state index in [2.05, 4.69) is 34.8 Å². The molecule has 0 fully saturated rings. The topological polar surface area (TPSA) is 46.9 Å². The summed E-state index contributed by atoms with van der Waals surface area (Å²) in [6.07, 6.45) is 1.37. The molecule has 0 saturated carbocycles. The van der Waals surface area contributed by atoms with E-state index in [1.165, 1.54) is 0 Å². The summed E-state index contributed by atoms with van der Waals surface area (Å²) in [7, 11) is 0. The number of carbonyl (C=O) groups is 1. The molecule has 0 radical (unpaired) electrons. The number of nitrogens with zero attached hydrogens (tertiary/aromatic N) is 2. The lowest BCUT2D eigenvalue weighted by Gasteiger charge is -2.13. The van der Waals surface area contributed by atoms with Crippen molar-refractivity contribution in [1.82, 2.24) is 14.9 Å². The molecule has 2 rings (SSSR count). The first-order valence-corrected chi connectivity index (χ1v) is 7.90. The second kappa shape index (κ2) is 6.94. The highest BCUT2D eigenvalue weighted by molar-refractivity contribution is 6.16. The summed E-state index contributed by atoms with van der Waals surface area (Å²) in [5.74, 6) is 1.23. The zero-order chi connectivity index (χ0) is 15.4. The number of para-hydroxylation sites is 1. The number of alkyl halides is 1. The summed E-state index contributed by atoms with van der Waals surface area (Å²) in [6, 6.07) is 6.24. The molecule has 0 aliphatic heterocycles. The maximum Gasteiger partial charge on any atom is 0.221 e. The van der Waals surface area contributed by atoms with Gasteiger partial charge in [0.05, 0.1) is 16.9 Å². The van der Waals surface area contributed by atoms with Crippen molar-refractivity contribution in [2.75, 3.05) is 0 Å². The number of halogens is 1. The monoisotopic (exact) mass is 307 g/mol. The van der Waals surface area contributed by atoms with E-state index in [-0.39, 0.29) is 11.9 Å². The van der Waals surface area contributed by atoms with Crippen molar-refractivity contribution < 1.29 is 4.79 Å². The van der Waals surface area contributed by atoms with Gasteiger partial charge in [-0.15, -0.1) is 11.6 Å². The number of amides is 1. The Morgan fingerprint density at radius 2 is 2.24 bits per heavy atom. The lowest BCUT2D eigenvalue weighted by Crippen LogP contribution is -2.32. The Hall–Kier alpha value is -1.55. The van der Waals surface area contributed by atoms with Gasteiger partial charge in [0, 0.05) is 19.0 Å². The molecule has 0 bridgehead atoms. The Morgan fingerprint density at radius 1 is 1.48 bits per heavy atom. The van der Waals surface area contributed by atoms with Gasteiger partial charge in [-0.25, -0.2) is 4.98 Å². The Balaban J connectivity index is 2.19. The molecule has 1 N–H and O–H groups in total. The summed E-state index contributed by atoms with van der Waals surface area (Å²) in [5, 5.41) is 2.99. The fourth-order valence-electron chi connectivity index (χ4n) is 2.42. The summed E-state index contributed by atoms with van der Waals surface area (Å²) >= 11 is 5.99. The van der Waals surface area contributed by atoms with Crippen molar-refractivity contribution in [2.45, 2.75) is 52.1 Å². The van der Waals surface area contributed by atoms with Crippen molar-refractivity contribution in [1.29, 1.82) is 0 Å². The molecular formula is C16H22ClN3O. The van der Waals surface area contributed by atoms with Gasteiger partial charge in [-0.1, -0.05) is 19.1 Å². The van der Waals surface area contributed by atoms with Crippen LogP contribution in [0.25, 0.3) is 11.0 Å². The Kier molecular flexibility index (Phi) is 5.23. The fourth-order valence-corrected chi connectivity index (χ4v) is 2.62. The van der Waals surface area contributed by atoms with Crippen LogP contribution in [-0.2, 0) is 17.2 Å². The van der Waals surface area contributed by atoms with Gasteiger partial charge < -0.3 is 9.88 Å². The van der Waals surface area contributed by atoms with Crippen molar-refractivity contribution in [3.63, 3.8) is 0 Å². The molecule has 1 unspecified atom stereocenters. The van der Waals surface area contributed by atoms with Gasteiger partial charge in [0.2, 0.25) is 5.91 Å². The van der Waals surface area contributed by atoms with Crippen LogP contribution in [0.5, 0.6) is 0 Å². The fraction of sp³-hybridized carbons (Fsp3) is 0.500. The smallest absolute Gasteiger partial charge is 0.221 e. The molecule has 1 amide bonds. The molecule has 0 aliphatic carbocycles. The molecule has 0 spiro atoms. The third-order valence-electron chi connectivity index (χ3n) is 3.75. The third-order valence-corrected chi connectivity index (χ3v) is 3.99. The van der Waals surface area contributed by atoms with E-state index >= 15 is 0 Å². The van der Waals surface area contributed by atoms with E-state index in [4.69, 9.17) is 11.6 Å². The van der Waals surface area contributed by atoms with Gasteiger partial charge in [0.15, 0.2) is 0 Å². The van der Waals surface area contributed by atoms with Crippen molar-refractivity contribution >= 4 is 28.5 Å². The molecule has 2 aromatic rings. The molecular weight excluding hydrogens is 286 g/mol. The maximum atomic E-state index is 12.0. The minimum absolute atomic E-state index is 0.0697. The number of imidazole rings is 1. The van der Waals surface area contributed by atoms with Crippen molar-refractivity contribution in [2.24, 2.45) is 0 Å². The zero-order valence-electron chi connectivity index (χ0n) is 12.8. The van der Waals surface area contributed by atoms with E-state index in [9.17, 15) is 4.79 Å². The highest BCUT2D eigenvalue weighted by atomic mass is 35.5. The first kappa shape index (κ1) is 15.8. The van der Waals surface area contributed by atoms with E-state index in [0.717, 1.165) is 28.8 Å².